The summed E-state index contributed by atoms with van der Waals surface area (Å²) in [4.78, 5) is 0. The van der Waals surface area contributed by atoms with Gasteiger partial charge in [-0.1, -0.05) is 37.6 Å². The molecule has 2 nitrogen and oxygen atoms in total. The molecule has 0 saturated heterocycles. The van der Waals surface area contributed by atoms with E-state index in [1.807, 2.05) is 24.3 Å². The van der Waals surface area contributed by atoms with Gasteiger partial charge in [0.05, 0.1) is 6.61 Å². The summed E-state index contributed by atoms with van der Waals surface area (Å²) in [6.07, 6.45) is 2.04. The van der Waals surface area contributed by atoms with Crippen LogP contribution >= 0.6 is 12.4 Å². The minimum atomic E-state index is 0. The number of rotatable bonds is 4. The molecule has 0 spiro atoms. The number of aliphatic hydroxyl groups excluding tert-OH is 1. The van der Waals surface area contributed by atoms with Crippen LogP contribution < -0.4 is 5.73 Å². The third-order valence-electron chi connectivity index (χ3n) is 2.22. The summed E-state index contributed by atoms with van der Waals surface area (Å²) < 4.78 is 0. The van der Waals surface area contributed by atoms with Crippen LogP contribution in [0, 0.1) is 0 Å². The van der Waals surface area contributed by atoms with E-state index < -0.39 is 0 Å². The zero-order valence-electron chi connectivity index (χ0n) is 8.44. The number of halogens is 1. The van der Waals surface area contributed by atoms with Crippen molar-refractivity contribution in [3.05, 3.63) is 35.4 Å². The summed E-state index contributed by atoms with van der Waals surface area (Å²) in [5.74, 6) is 0. The first-order chi connectivity index (χ1) is 6.29. The molecular formula is C11H18ClNO. The van der Waals surface area contributed by atoms with Gasteiger partial charge in [0.1, 0.15) is 0 Å². The topological polar surface area (TPSA) is 46.2 Å². The van der Waals surface area contributed by atoms with Crippen LogP contribution in [0.1, 0.15) is 36.9 Å². The lowest BCUT2D eigenvalue weighted by atomic mass is 9.98. The molecule has 1 atom stereocenters. The van der Waals surface area contributed by atoms with Gasteiger partial charge in [-0.25, -0.2) is 0 Å². The third kappa shape index (κ3) is 3.29. The van der Waals surface area contributed by atoms with Crippen molar-refractivity contribution in [3.8, 4) is 0 Å². The van der Waals surface area contributed by atoms with Crippen molar-refractivity contribution in [2.45, 2.75) is 32.4 Å². The number of benzene rings is 1. The number of aliphatic hydroxyl groups is 1. The number of hydrogen-bond acceptors (Lipinski definition) is 2. The Kier molecular flexibility index (Phi) is 6.54. The predicted octanol–water partition coefficient (Wildman–Crippen LogP) is 2.40. The summed E-state index contributed by atoms with van der Waals surface area (Å²) >= 11 is 0. The molecule has 0 aliphatic carbocycles. The zero-order chi connectivity index (χ0) is 9.68. The van der Waals surface area contributed by atoms with E-state index in [9.17, 15) is 0 Å². The van der Waals surface area contributed by atoms with Crippen LogP contribution in [0.25, 0.3) is 0 Å². The van der Waals surface area contributed by atoms with Gasteiger partial charge < -0.3 is 10.8 Å². The lowest BCUT2D eigenvalue weighted by molar-refractivity contribution is 0.279. The summed E-state index contributed by atoms with van der Waals surface area (Å²) in [5.41, 5.74) is 7.99. The average molecular weight is 216 g/mol. The smallest absolute Gasteiger partial charge is 0.0685 e. The van der Waals surface area contributed by atoms with E-state index in [0.29, 0.717) is 0 Å². The van der Waals surface area contributed by atoms with Gasteiger partial charge >= 0.3 is 0 Å². The Bertz CT molecular complexity index is 265. The average Bonchev–Trinajstić information content (AvgIpc) is 2.18. The fraction of sp³-hybridized carbons (Fsp3) is 0.455. The molecule has 3 heteroatoms. The Hall–Kier alpha value is -0.570. The van der Waals surface area contributed by atoms with Crippen LogP contribution in [0.3, 0.4) is 0 Å². The van der Waals surface area contributed by atoms with E-state index in [1.54, 1.807) is 0 Å². The summed E-state index contributed by atoms with van der Waals surface area (Å²) in [6.45, 7) is 2.19. The quantitative estimate of drug-likeness (QED) is 0.810. The largest absolute Gasteiger partial charge is 0.392 e. The molecule has 0 bridgehead atoms. The standard InChI is InChI=1S/C11H17NO.ClH/c1-2-5-11(12)10-7-4-3-6-9(10)8-13;/h3-4,6-7,11,13H,2,5,8,12H2,1H3;1H. The monoisotopic (exact) mass is 215 g/mol. The van der Waals surface area contributed by atoms with E-state index in [2.05, 4.69) is 6.92 Å². The third-order valence-corrected chi connectivity index (χ3v) is 2.22. The van der Waals surface area contributed by atoms with Gasteiger partial charge in [0.2, 0.25) is 0 Å². The molecule has 0 heterocycles. The van der Waals surface area contributed by atoms with Crippen molar-refractivity contribution < 1.29 is 5.11 Å². The molecule has 80 valence electrons. The van der Waals surface area contributed by atoms with E-state index >= 15 is 0 Å². The van der Waals surface area contributed by atoms with Crippen LogP contribution in [-0.4, -0.2) is 5.11 Å². The van der Waals surface area contributed by atoms with Gasteiger partial charge in [0.15, 0.2) is 0 Å². The van der Waals surface area contributed by atoms with Crippen LogP contribution in [0.15, 0.2) is 24.3 Å². The van der Waals surface area contributed by atoms with Crippen molar-refractivity contribution >= 4 is 12.4 Å². The van der Waals surface area contributed by atoms with Gasteiger partial charge in [0, 0.05) is 6.04 Å². The maximum Gasteiger partial charge on any atom is 0.0685 e. The highest BCUT2D eigenvalue weighted by Gasteiger charge is 2.08. The molecule has 0 aliphatic rings. The SMILES string of the molecule is CCCC(N)c1ccccc1CO.Cl. The van der Waals surface area contributed by atoms with Gasteiger partial charge in [-0.15, -0.1) is 12.4 Å². The molecule has 0 amide bonds. The molecule has 1 aromatic carbocycles. The molecule has 14 heavy (non-hydrogen) atoms. The second-order valence-electron chi connectivity index (χ2n) is 3.25. The van der Waals surface area contributed by atoms with Gasteiger partial charge in [-0.2, -0.15) is 0 Å². The lowest BCUT2D eigenvalue weighted by Gasteiger charge is -2.14. The van der Waals surface area contributed by atoms with Crippen molar-refractivity contribution in [2.75, 3.05) is 0 Å². The van der Waals surface area contributed by atoms with Crippen molar-refractivity contribution in [1.82, 2.24) is 0 Å². The zero-order valence-corrected chi connectivity index (χ0v) is 9.26. The fourth-order valence-corrected chi connectivity index (χ4v) is 1.51. The van der Waals surface area contributed by atoms with E-state index in [1.165, 1.54) is 0 Å². The van der Waals surface area contributed by atoms with Crippen molar-refractivity contribution in [1.29, 1.82) is 0 Å². The highest BCUT2D eigenvalue weighted by molar-refractivity contribution is 5.85. The Balaban J connectivity index is 0.00000169. The first-order valence-electron chi connectivity index (χ1n) is 4.73. The molecule has 0 aliphatic heterocycles. The summed E-state index contributed by atoms with van der Waals surface area (Å²) in [6, 6.07) is 7.86. The maximum atomic E-state index is 9.08. The summed E-state index contributed by atoms with van der Waals surface area (Å²) in [5, 5.41) is 9.08. The molecular weight excluding hydrogens is 198 g/mol. The maximum absolute atomic E-state index is 9.08. The van der Waals surface area contributed by atoms with Crippen molar-refractivity contribution in [3.63, 3.8) is 0 Å². The molecule has 1 rings (SSSR count). The fourth-order valence-electron chi connectivity index (χ4n) is 1.51. The van der Waals surface area contributed by atoms with Crippen LogP contribution in [0.2, 0.25) is 0 Å². The molecule has 1 aromatic rings. The molecule has 3 N–H and O–H groups in total. The molecule has 1 unspecified atom stereocenters. The van der Waals surface area contributed by atoms with Gasteiger partial charge in [-0.05, 0) is 17.5 Å². The second kappa shape index (κ2) is 6.82. The van der Waals surface area contributed by atoms with Gasteiger partial charge in [0.25, 0.3) is 0 Å². The van der Waals surface area contributed by atoms with E-state index in [4.69, 9.17) is 10.8 Å². The number of nitrogens with two attached hydrogens (primary N) is 1. The molecule has 0 aromatic heterocycles. The highest BCUT2D eigenvalue weighted by Crippen LogP contribution is 2.19. The van der Waals surface area contributed by atoms with Crippen LogP contribution in [0.4, 0.5) is 0 Å². The predicted molar refractivity (Wildman–Crippen MR) is 61.4 cm³/mol. The minimum absolute atomic E-state index is 0. The van der Waals surface area contributed by atoms with Crippen LogP contribution in [0.5, 0.6) is 0 Å². The van der Waals surface area contributed by atoms with Crippen LogP contribution in [-0.2, 0) is 6.61 Å². The minimum Gasteiger partial charge on any atom is -0.392 e. The Morgan fingerprint density at radius 3 is 2.57 bits per heavy atom. The lowest BCUT2D eigenvalue weighted by Crippen LogP contribution is -2.12. The second-order valence-corrected chi connectivity index (χ2v) is 3.25. The first kappa shape index (κ1) is 13.4. The molecule has 0 radical (unpaired) electrons. The normalized spacial score (nSPS) is 11.9. The van der Waals surface area contributed by atoms with Gasteiger partial charge in [-0.3, -0.25) is 0 Å². The molecule has 0 fully saturated rings. The summed E-state index contributed by atoms with van der Waals surface area (Å²) in [7, 11) is 0. The van der Waals surface area contributed by atoms with E-state index in [0.717, 1.165) is 24.0 Å². The Morgan fingerprint density at radius 1 is 1.36 bits per heavy atom. The Labute approximate surface area is 91.5 Å². The first-order valence-corrected chi connectivity index (χ1v) is 4.73. The van der Waals surface area contributed by atoms with Crippen molar-refractivity contribution in [2.24, 2.45) is 5.73 Å². The van der Waals surface area contributed by atoms with E-state index in [-0.39, 0.29) is 25.1 Å². The highest BCUT2D eigenvalue weighted by atomic mass is 35.5. The Morgan fingerprint density at radius 2 is 2.00 bits per heavy atom. The number of hydrogen-bond donors (Lipinski definition) is 2. The molecule has 0 saturated carbocycles.